The van der Waals surface area contributed by atoms with Gasteiger partial charge >= 0.3 is 0 Å². The van der Waals surface area contributed by atoms with Crippen LogP contribution < -0.4 is 10.5 Å². The van der Waals surface area contributed by atoms with E-state index in [0.29, 0.717) is 6.54 Å². The van der Waals surface area contributed by atoms with Gasteiger partial charge in [0.05, 0.1) is 13.7 Å². The Morgan fingerprint density at radius 1 is 1.41 bits per heavy atom. The van der Waals surface area contributed by atoms with E-state index in [9.17, 15) is 5.11 Å². The smallest absolute Gasteiger partial charge is 0.122 e. The molecule has 94 valence electrons. The first kappa shape index (κ1) is 12.4. The van der Waals surface area contributed by atoms with Crippen molar-refractivity contribution >= 4 is 0 Å². The molecule has 0 heterocycles. The van der Waals surface area contributed by atoms with Crippen molar-refractivity contribution in [2.24, 2.45) is 16.6 Å². The van der Waals surface area contributed by atoms with E-state index in [1.165, 1.54) is 5.56 Å². The number of nitrogens with two attached hydrogens (primary N) is 1. The Hall–Kier alpha value is -1.06. The summed E-state index contributed by atoms with van der Waals surface area (Å²) in [5.41, 5.74) is 7.00. The molecule has 0 amide bonds. The van der Waals surface area contributed by atoms with Crippen LogP contribution in [0.4, 0.5) is 0 Å². The van der Waals surface area contributed by atoms with Gasteiger partial charge in [0.2, 0.25) is 0 Å². The van der Waals surface area contributed by atoms with Gasteiger partial charge < -0.3 is 15.6 Å². The molecule has 0 spiro atoms. The highest BCUT2D eigenvalue weighted by molar-refractivity contribution is 5.36. The molecule has 1 aliphatic carbocycles. The van der Waals surface area contributed by atoms with Crippen molar-refractivity contribution in [3.63, 3.8) is 0 Å². The molecule has 3 heteroatoms. The molecule has 2 rings (SSSR count). The van der Waals surface area contributed by atoms with Crippen LogP contribution in [0.1, 0.15) is 18.9 Å². The lowest BCUT2D eigenvalue weighted by molar-refractivity contribution is 0.180. The molecule has 2 atom stereocenters. The molecule has 0 saturated heterocycles. The van der Waals surface area contributed by atoms with Crippen LogP contribution in [0.5, 0.6) is 5.75 Å². The SMILES string of the molecule is COc1ccccc1CC1(C)CC1(CN)CO. The number of aliphatic hydroxyl groups is 1. The standard InChI is InChI=1S/C14H21NO2/c1-13(8-14(13,9-15)10-16)7-11-5-3-4-6-12(11)17-2/h3-6,16H,7-10,15H2,1-2H3. The van der Waals surface area contributed by atoms with Crippen molar-refractivity contribution in [2.75, 3.05) is 20.3 Å². The molecule has 1 aliphatic rings. The molecule has 0 bridgehead atoms. The Morgan fingerprint density at radius 2 is 2.12 bits per heavy atom. The summed E-state index contributed by atoms with van der Waals surface area (Å²) in [5, 5.41) is 9.49. The molecule has 17 heavy (non-hydrogen) atoms. The van der Waals surface area contributed by atoms with E-state index in [0.717, 1.165) is 18.6 Å². The third kappa shape index (κ3) is 1.94. The molecule has 2 unspecified atom stereocenters. The molecule has 1 aromatic carbocycles. The summed E-state index contributed by atoms with van der Waals surface area (Å²) in [5.74, 6) is 0.921. The average molecular weight is 235 g/mol. The summed E-state index contributed by atoms with van der Waals surface area (Å²) in [6.45, 7) is 2.92. The Balaban J connectivity index is 2.17. The maximum absolute atomic E-state index is 9.49. The number of hydrogen-bond donors (Lipinski definition) is 2. The summed E-state index contributed by atoms with van der Waals surface area (Å²) < 4.78 is 5.36. The maximum Gasteiger partial charge on any atom is 0.122 e. The van der Waals surface area contributed by atoms with Crippen LogP contribution in [-0.2, 0) is 6.42 Å². The van der Waals surface area contributed by atoms with E-state index < -0.39 is 0 Å². The highest BCUT2D eigenvalue weighted by atomic mass is 16.5. The zero-order valence-electron chi connectivity index (χ0n) is 10.6. The van der Waals surface area contributed by atoms with E-state index >= 15 is 0 Å². The number of methoxy groups -OCH3 is 1. The first-order valence-corrected chi connectivity index (χ1v) is 6.04. The average Bonchev–Trinajstić information content (AvgIpc) is 2.95. The monoisotopic (exact) mass is 235 g/mol. The van der Waals surface area contributed by atoms with Crippen molar-refractivity contribution in [1.82, 2.24) is 0 Å². The minimum Gasteiger partial charge on any atom is -0.496 e. The van der Waals surface area contributed by atoms with Gasteiger partial charge in [0, 0.05) is 12.0 Å². The number of benzene rings is 1. The van der Waals surface area contributed by atoms with Crippen LogP contribution in [0.3, 0.4) is 0 Å². The molecule has 0 radical (unpaired) electrons. The highest BCUT2D eigenvalue weighted by Crippen LogP contribution is 2.64. The van der Waals surface area contributed by atoms with Crippen LogP contribution in [0.2, 0.25) is 0 Å². The summed E-state index contributed by atoms with van der Waals surface area (Å²) >= 11 is 0. The number of aliphatic hydroxyl groups excluding tert-OH is 1. The zero-order chi connectivity index (χ0) is 12.5. The molecule has 0 aliphatic heterocycles. The molecule has 1 saturated carbocycles. The van der Waals surface area contributed by atoms with Gasteiger partial charge in [0.1, 0.15) is 5.75 Å². The number of para-hydroxylation sites is 1. The Morgan fingerprint density at radius 3 is 2.65 bits per heavy atom. The van der Waals surface area contributed by atoms with Crippen molar-refractivity contribution in [3.05, 3.63) is 29.8 Å². The summed E-state index contributed by atoms with van der Waals surface area (Å²) in [6.07, 6.45) is 1.90. The molecule has 0 aromatic heterocycles. The Kier molecular flexibility index (Phi) is 3.15. The summed E-state index contributed by atoms with van der Waals surface area (Å²) in [4.78, 5) is 0. The largest absolute Gasteiger partial charge is 0.496 e. The molecule has 3 N–H and O–H groups in total. The van der Waals surface area contributed by atoms with Crippen LogP contribution in [0.15, 0.2) is 24.3 Å². The second-order valence-corrected chi connectivity index (χ2v) is 5.37. The van der Waals surface area contributed by atoms with Gasteiger partial charge in [-0.25, -0.2) is 0 Å². The number of ether oxygens (including phenoxy) is 1. The first-order valence-electron chi connectivity index (χ1n) is 6.04. The van der Waals surface area contributed by atoms with Gasteiger partial charge in [0.15, 0.2) is 0 Å². The molecule has 1 fully saturated rings. The minimum absolute atomic E-state index is 0.0894. The molecule has 3 nitrogen and oxygen atoms in total. The fraction of sp³-hybridized carbons (Fsp3) is 0.571. The highest BCUT2D eigenvalue weighted by Gasteiger charge is 2.62. The van der Waals surface area contributed by atoms with Gasteiger partial charge in [0.25, 0.3) is 0 Å². The van der Waals surface area contributed by atoms with Crippen molar-refractivity contribution in [3.8, 4) is 5.75 Å². The third-order valence-electron chi connectivity index (χ3n) is 4.35. The van der Waals surface area contributed by atoms with E-state index in [1.807, 2.05) is 18.2 Å². The number of hydrogen-bond acceptors (Lipinski definition) is 3. The second-order valence-electron chi connectivity index (χ2n) is 5.37. The second kappa shape index (κ2) is 4.31. The Bertz CT molecular complexity index is 401. The number of rotatable bonds is 5. The normalized spacial score (nSPS) is 31.3. The van der Waals surface area contributed by atoms with Crippen molar-refractivity contribution < 1.29 is 9.84 Å². The fourth-order valence-corrected chi connectivity index (χ4v) is 2.85. The van der Waals surface area contributed by atoms with Gasteiger partial charge in [-0.3, -0.25) is 0 Å². The van der Waals surface area contributed by atoms with Crippen LogP contribution in [-0.4, -0.2) is 25.4 Å². The van der Waals surface area contributed by atoms with Crippen LogP contribution in [0.25, 0.3) is 0 Å². The predicted molar refractivity (Wildman–Crippen MR) is 68.0 cm³/mol. The first-order chi connectivity index (χ1) is 8.11. The van der Waals surface area contributed by atoms with Crippen molar-refractivity contribution in [1.29, 1.82) is 0 Å². The summed E-state index contributed by atoms with van der Waals surface area (Å²) in [6, 6.07) is 8.05. The molecular formula is C14H21NO2. The molecule has 1 aromatic rings. The quantitative estimate of drug-likeness (QED) is 0.814. The summed E-state index contributed by atoms with van der Waals surface area (Å²) in [7, 11) is 1.69. The third-order valence-corrected chi connectivity index (χ3v) is 4.35. The van der Waals surface area contributed by atoms with Crippen LogP contribution >= 0.6 is 0 Å². The lowest BCUT2D eigenvalue weighted by Crippen LogP contribution is -2.27. The van der Waals surface area contributed by atoms with E-state index in [-0.39, 0.29) is 17.4 Å². The predicted octanol–water partition coefficient (Wildman–Crippen LogP) is 1.59. The van der Waals surface area contributed by atoms with E-state index in [1.54, 1.807) is 7.11 Å². The van der Waals surface area contributed by atoms with E-state index in [2.05, 4.69) is 13.0 Å². The molecular weight excluding hydrogens is 214 g/mol. The lowest BCUT2D eigenvalue weighted by atomic mass is 9.88. The van der Waals surface area contributed by atoms with Gasteiger partial charge in [-0.05, 0) is 29.9 Å². The lowest BCUT2D eigenvalue weighted by Gasteiger charge is -2.20. The Labute approximate surface area is 103 Å². The van der Waals surface area contributed by atoms with Gasteiger partial charge in [-0.1, -0.05) is 25.1 Å². The zero-order valence-corrected chi connectivity index (χ0v) is 10.6. The minimum atomic E-state index is -0.0894. The van der Waals surface area contributed by atoms with E-state index in [4.69, 9.17) is 10.5 Å². The van der Waals surface area contributed by atoms with Crippen LogP contribution in [0, 0.1) is 10.8 Å². The maximum atomic E-state index is 9.49. The van der Waals surface area contributed by atoms with Crippen molar-refractivity contribution in [2.45, 2.75) is 19.8 Å². The fourth-order valence-electron chi connectivity index (χ4n) is 2.85. The van der Waals surface area contributed by atoms with Gasteiger partial charge in [-0.15, -0.1) is 0 Å². The van der Waals surface area contributed by atoms with Gasteiger partial charge in [-0.2, -0.15) is 0 Å². The topological polar surface area (TPSA) is 55.5 Å².